The van der Waals surface area contributed by atoms with Gasteiger partial charge in [0.05, 0.1) is 5.52 Å². The maximum Gasteiger partial charge on any atom is 0.132 e. The number of halogens is 1. The zero-order chi connectivity index (χ0) is 11.8. The van der Waals surface area contributed by atoms with Crippen LogP contribution < -0.4 is 0 Å². The van der Waals surface area contributed by atoms with Gasteiger partial charge in [-0.15, -0.1) is 0 Å². The lowest BCUT2D eigenvalue weighted by Crippen LogP contribution is -1.80. The van der Waals surface area contributed by atoms with Crippen molar-refractivity contribution in [3.05, 3.63) is 53.2 Å². The molecule has 0 bridgehead atoms. The van der Waals surface area contributed by atoms with Gasteiger partial charge in [-0.3, -0.25) is 5.10 Å². The highest BCUT2D eigenvalue weighted by atomic mass is 35.5. The third kappa shape index (κ3) is 1.71. The molecule has 1 heterocycles. The second-order valence-corrected chi connectivity index (χ2v) is 4.48. The fourth-order valence-corrected chi connectivity index (χ4v) is 2.24. The Balaban J connectivity index is 2.29. The molecule has 0 aliphatic heterocycles. The molecule has 1 aromatic heterocycles. The Morgan fingerprint density at radius 2 is 1.82 bits per heavy atom. The molecule has 0 fully saturated rings. The molecule has 0 saturated carbocycles. The Hall–Kier alpha value is -1.80. The average Bonchev–Trinajstić information content (AvgIpc) is 2.73. The number of H-pyrrole nitrogens is 1. The number of rotatable bonds is 1. The van der Waals surface area contributed by atoms with E-state index in [1.54, 1.807) is 0 Å². The van der Waals surface area contributed by atoms with E-state index in [-0.39, 0.29) is 0 Å². The number of aromatic nitrogens is 2. The average molecular weight is 243 g/mol. The first-order valence-corrected chi connectivity index (χ1v) is 5.83. The van der Waals surface area contributed by atoms with Crippen LogP contribution in [0, 0.1) is 6.92 Å². The standard InChI is InChI=1S/C14H11ClN2/c1-9-5-7-10(8-6-9)11-3-2-4-12-13(11)14(15)17-16-12/h2-8H,1H3,(H,16,17). The quantitative estimate of drug-likeness (QED) is 0.681. The highest BCUT2D eigenvalue weighted by Crippen LogP contribution is 2.32. The number of nitrogens with zero attached hydrogens (tertiary/aromatic N) is 1. The second kappa shape index (κ2) is 3.90. The smallest absolute Gasteiger partial charge is 0.132 e. The summed E-state index contributed by atoms with van der Waals surface area (Å²) < 4.78 is 0. The summed E-state index contributed by atoms with van der Waals surface area (Å²) >= 11 is 6.14. The molecule has 3 rings (SSSR count). The number of nitrogens with one attached hydrogen (secondary N) is 1. The molecule has 1 N–H and O–H groups in total. The topological polar surface area (TPSA) is 28.7 Å². The van der Waals surface area contributed by atoms with Crippen molar-refractivity contribution in [2.24, 2.45) is 0 Å². The third-order valence-corrected chi connectivity index (χ3v) is 3.17. The van der Waals surface area contributed by atoms with Crippen LogP contribution in [-0.4, -0.2) is 10.2 Å². The summed E-state index contributed by atoms with van der Waals surface area (Å²) in [6.07, 6.45) is 0. The van der Waals surface area contributed by atoms with Crippen LogP contribution in [0.15, 0.2) is 42.5 Å². The van der Waals surface area contributed by atoms with E-state index in [0.29, 0.717) is 5.15 Å². The van der Waals surface area contributed by atoms with Crippen LogP contribution in [-0.2, 0) is 0 Å². The zero-order valence-corrected chi connectivity index (χ0v) is 10.1. The van der Waals surface area contributed by atoms with Gasteiger partial charge in [0.25, 0.3) is 0 Å². The van der Waals surface area contributed by atoms with Gasteiger partial charge in [-0.2, -0.15) is 5.10 Å². The summed E-state index contributed by atoms with van der Waals surface area (Å²) in [5.74, 6) is 0. The van der Waals surface area contributed by atoms with Crippen LogP contribution in [0.1, 0.15) is 5.56 Å². The van der Waals surface area contributed by atoms with E-state index >= 15 is 0 Å². The Morgan fingerprint density at radius 1 is 1.06 bits per heavy atom. The van der Waals surface area contributed by atoms with E-state index in [9.17, 15) is 0 Å². The monoisotopic (exact) mass is 242 g/mol. The van der Waals surface area contributed by atoms with Gasteiger partial charge in [-0.1, -0.05) is 53.6 Å². The van der Waals surface area contributed by atoms with Gasteiger partial charge in [0, 0.05) is 5.39 Å². The lowest BCUT2D eigenvalue weighted by atomic mass is 10.0. The molecule has 0 amide bonds. The highest BCUT2D eigenvalue weighted by Gasteiger charge is 2.09. The second-order valence-electron chi connectivity index (χ2n) is 4.10. The van der Waals surface area contributed by atoms with Gasteiger partial charge >= 0.3 is 0 Å². The highest BCUT2D eigenvalue weighted by molar-refractivity contribution is 6.35. The van der Waals surface area contributed by atoms with Crippen molar-refractivity contribution in [2.45, 2.75) is 6.92 Å². The number of aryl methyl sites for hydroxylation is 1. The van der Waals surface area contributed by atoms with Crippen molar-refractivity contribution in [3.63, 3.8) is 0 Å². The molecule has 0 saturated heterocycles. The van der Waals surface area contributed by atoms with Gasteiger partial charge in [-0.05, 0) is 24.1 Å². The fourth-order valence-electron chi connectivity index (χ4n) is 2.00. The molecule has 0 atom stereocenters. The van der Waals surface area contributed by atoms with Gasteiger partial charge in [-0.25, -0.2) is 0 Å². The lowest BCUT2D eigenvalue weighted by molar-refractivity contribution is 1.12. The molecule has 0 spiro atoms. The van der Waals surface area contributed by atoms with Crippen molar-refractivity contribution < 1.29 is 0 Å². The maximum atomic E-state index is 6.14. The van der Waals surface area contributed by atoms with Gasteiger partial charge in [0.1, 0.15) is 5.15 Å². The van der Waals surface area contributed by atoms with Gasteiger partial charge in [0.15, 0.2) is 0 Å². The van der Waals surface area contributed by atoms with Crippen molar-refractivity contribution in [3.8, 4) is 11.1 Å². The molecule has 0 radical (unpaired) electrons. The summed E-state index contributed by atoms with van der Waals surface area (Å²) in [5, 5.41) is 8.56. The molecule has 2 aromatic carbocycles. The van der Waals surface area contributed by atoms with Gasteiger partial charge < -0.3 is 0 Å². The largest absolute Gasteiger partial charge is 0.266 e. The van der Waals surface area contributed by atoms with E-state index in [0.717, 1.165) is 22.0 Å². The zero-order valence-electron chi connectivity index (χ0n) is 9.37. The molecule has 0 aliphatic rings. The first kappa shape index (κ1) is 10.4. The molecule has 3 heteroatoms. The SMILES string of the molecule is Cc1ccc(-c2cccc3n[nH]c(Cl)c23)cc1. The first-order valence-electron chi connectivity index (χ1n) is 5.45. The van der Waals surface area contributed by atoms with E-state index in [1.807, 2.05) is 12.1 Å². The Bertz CT molecular complexity index is 668. The minimum atomic E-state index is 0.594. The van der Waals surface area contributed by atoms with Crippen molar-refractivity contribution in [1.82, 2.24) is 10.2 Å². The molecule has 0 aliphatic carbocycles. The molecule has 3 aromatic rings. The Labute approximate surface area is 104 Å². The van der Waals surface area contributed by atoms with E-state index in [2.05, 4.69) is 47.5 Å². The minimum Gasteiger partial charge on any atom is -0.266 e. The number of hydrogen-bond donors (Lipinski definition) is 1. The number of hydrogen-bond acceptors (Lipinski definition) is 1. The third-order valence-electron chi connectivity index (χ3n) is 2.90. The molecular formula is C14H11ClN2. The Morgan fingerprint density at radius 3 is 2.59 bits per heavy atom. The summed E-state index contributed by atoms with van der Waals surface area (Å²) in [6.45, 7) is 2.08. The van der Waals surface area contributed by atoms with Crippen LogP contribution in [0.2, 0.25) is 5.15 Å². The van der Waals surface area contributed by atoms with Crippen molar-refractivity contribution in [1.29, 1.82) is 0 Å². The van der Waals surface area contributed by atoms with E-state index < -0.39 is 0 Å². The van der Waals surface area contributed by atoms with Crippen LogP contribution in [0.5, 0.6) is 0 Å². The summed E-state index contributed by atoms with van der Waals surface area (Å²) in [4.78, 5) is 0. The van der Waals surface area contributed by atoms with E-state index in [1.165, 1.54) is 5.56 Å². The molecule has 84 valence electrons. The van der Waals surface area contributed by atoms with Crippen LogP contribution in [0.4, 0.5) is 0 Å². The number of aromatic amines is 1. The predicted octanol–water partition coefficient (Wildman–Crippen LogP) is 4.19. The summed E-state index contributed by atoms with van der Waals surface area (Å²) in [6, 6.07) is 14.4. The summed E-state index contributed by atoms with van der Waals surface area (Å²) in [5.41, 5.74) is 4.41. The van der Waals surface area contributed by atoms with Crippen molar-refractivity contribution in [2.75, 3.05) is 0 Å². The van der Waals surface area contributed by atoms with Crippen LogP contribution >= 0.6 is 11.6 Å². The van der Waals surface area contributed by atoms with Gasteiger partial charge in [0.2, 0.25) is 0 Å². The molecule has 0 unspecified atom stereocenters. The van der Waals surface area contributed by atoms with Crippen LogP contribution in [0.3, 0.4) is 0 Å². The lowest BCUT2D eigenvalue weighted by Gasteiger charge is -2.04. The van der Waals surface area contributed by atoms with E-state index in [4.69, 9.17) is 11.6 Å². The maximum absolute atomic E-state index is 6.14. The Kier molecular flexibility index (Phi) is 2.37. The molecule has 17 heavy (non-hydrogen) atoms. The fraction of sp³-hybridized carbons (Fsp3) is 0.0714. The molecule has 2 nitrogen and oxygen atoms in total. The number of benzene rings is 2. The summed E-state index contributed by atoms with van der Waals surface area (Å²) in [7, 11) is 0. The molecular weight excluding hydrogens is 232 g/mol. The van der Waals surface area contributed by atoms with Crippen molar-refractivity contribution >= 4 is 22.5 Å². The van der Waals surface area contributed by atoms with Crippen LogP contribution in [0.25, 0.3) is 22.0 Å². The minimum absolute atomic E-state index is 0.594. The predicted molar refractivity (Wildman–Crippen MR) is 71.3 cm³/mol. The first-order chi connectivity index (χ1) is 8.25. The normalized spacial score (nSPS) is 10.9. The number of fused-ring (bicyclic) bond motifs is 1.